The number of allylic oxidation sites excluding steroid dienone is 4. The Morgan fingerprint density at radius 2 is 2.00 bits per heavy atom. The summed E-state index contributed by atoms with van der Waals surface area (Å²) in [7, 11) is 1.93. The highest BCUT2D eigenvalue weighted by atomic mass is 14.8. The molecule has 0 aliphatic heterocycles. The number of nitrogens with one attached hydrogen (secondary N) is 1. The van der Waals surface area contributed by atoms with Gasteiger partial charge in [-0.3, -0.25) is 0 Å². The van der Waals surface area contributed by atoms with E-state index in [0.29, 0.717) is 0 Å². The van der Waals surface area contributed by atoms with Crippen LogP contribution < -0.4 is 5.32 Å². The third-order valence-electron chi connectivity index (χ3n) is 1.76. The lowest BCUT2D eigenvalue weighted by Gasteiger charge is -2.03. The smallest absolute Gasteiger partial charge is 0.0299 e. The van der Waals surface area contributed by atoms with Gasteiger partial charge in [-0.2, -0.15) is 0 Å². The lowest BCUT2D eigenvalue weighted by molar-refractivity contribution is 1.00. The van der Waals surface area contributed by atoms with Crippen molar-refractivity contribution in [2.75, 3.05) is 7.05 Å². The molecule has 0 aromatic rings. The van der Waals surface area contributed by atoms with Crippen molar-refractivity contribution < 1.29 is 0 Å². The predicted molar refractivity (Wildman–Crippen MR) is 56.0 cm³/mol. The quantitative estimate of drug-likeness (QED) is 0.631. The molecule has 0 radical (unpaired) electrons. The SMILES string of the molecule is C=C(C)/C(C)=C\C(=C/CC)NC. The van der Waals surface area contributed by atoms with Gasteiger partial charge in [-0.15, -0.1) is 0 Å². The maximum absolute atomic E-state index is 3.88. The second kappa shape index (κ2) is 5.64. The molecule has 0 amide bonds. The van der Waals surface area contributed by atoms with Crippen LogP contribution in [0.15, 0.2) is 35.6 Å². The van der Waals surface area contributed by atoms with E-state index in [1.54, 1.807) is 0 Å². The van der Waals surface area contributed by atoms with Gasteiger partial charge in [-0.05, 0) is 31.9 Å². The van der Waals surface area contributed by atoms with Gasteiger partial charge >= 0.3 is 0 Å². The lowest BCUT2D eigenvalue weighted by atomic mass is 10.1. The first-order valence-electron chi connectivity index (χ1n) is 4.33. The van der Waals surface area contributed by atoms with Crippen molar-refractivity contribution in [3.05, 3.63) is 35.6 Å². The largest absolute Gasteiger partial charge is 0.388 e. The molecule has 1 heteroatoms. The van der Waals surface area contributed by atoms with E-state index in [4.69, 9.17) is 0 Å². The van der Waals surface area contributed by atoms with Gasteiger partial charge in [0, 0.05) is 12.7 Å². The van der Waals surface area contributed by atoms with Crippen LogP contribution in [0, 0.1) is 0 Å². The first-order valence-corrected chi connectivity index (χ1v) is 4.33. The summed E-state index contributed by atoms with van der Waals surface area (Å²) in [5, 5.41) is 3.13. The average molecular weight is 165 g/mol. The normalized spacial score (nSPS) is 13.0. The van der Waals surface area contributed by atoms with E-state index < -0.39 is 0 Å². The molecule has 12 heavy (non-hydrogen) atoms. The molecule has 0 aromatic carbocycles. The van der Waals surface area contributed by atoms with Crippen LogP contribution in [0.3, 0.4) is 0 Å². The van der Waals surface area contributed by atoms with Gasteiger partial charge in [0.2, 0.25) is 0 Å². The van der Waals surface area contributed by atoms with Crippen molar-refractivity contribution >= 4 is 0 Å². The molecular weight excluding hydrogens is 146 g/mol. The fourth-order valence-electron chi connectivity index (χ4n) is 0.810. The molecule has 68 valence electrons. The van der Waals surface area contributed by atoms with E-state index in [-0.39, 0.29) is 0 Å². The zero-order valence-corrected chi connectivity index (χ0v) is 8.57. The molecule has 0 aromatic heterocycles. The molecule has 0 aliphatic rings. The molecule has 0 spiro atoms. The van der Waals surface area contributed by atoms with Gasteiger partial charge < -0.3 is 5.32 Å². The molecule has 0 aliphatic carbocycles. The maximum atomic E-state index is 3.88. The number of hydrogen-bond acceptors (Lipinski definition) is 1. The molecule has 0 atom stereocenters. The average Bonchev–Trinajstić information content (AvgIpc) is 2.03. The van der Waals surface area contributed by atoms with Crippen LogP contribution in [0.5, 0.6) is 0 Å². The van der Waals surface area contributed by atoms with Gasteiger partial charge in [0.15, 0.2) is 0 Å². The molecular formula is C11H19N. The Morgan fingerprint density at radius 3 is 2.33 bits per heavy atom. The predicted octanol–water partition coefficient (Wildman–Crippen LogP) is 3.02. The molecule has 0 saturated heterocycles. The first kappa shape index (κ1) is 11.0. The van der Waals surface area contributed by atoms with Gasteiger partial charge in [-0.25, -0.2) is 0 Å². The van der Waals surface area contributed by atoms with Crippen LogP contribution in [0.2, 0.25) is 0 Å². The van der Waals surface area contributed by atoms with Crippen LogP contribution >= 0.6 is 0 Å². The molecule has 0 saturated carbocycles. The minimum Gasteiger partial charge on any atom is -0.388 e. The number of rotatable bonds is 4. The molecule has 0 fully saturated rings. The first-order chi connectivity index (χ1) is 5.61. The summed E-state index contributed by atoms with van der Waals surface area (Å²) in [6, 6.07) is 0. The van der Waals surface area contributed by atoms with Crippen molar-refractivity contribution in [2.24, 2.45) is 0 Å². The zero-order chi connectivity index (χ0) is 9.56. The Labute approximate surface area is 75.9 Å². The fourth-order valence-corrected chi connectivity index (χ4v) is 0.810. The van der Waals surface area contributed by atoms with E-state index in [2.05, 4.69) is 37.9 Å². The minimum atomic E-state index is 1.05. The Morgan fingerprint density at radius 1 is 1.42 bits per heavy atom. The van der Waals surface area contributed by atoms with E-state index in [1.807, 2.05) is 14.0 Å². The van der Waals surface area contributed by atoms with Gasteiger partial charge in [-0.1, -0.05) is 25.2 Å². The molecule has 0 heterocycles. The third kappa shape index (κ3) is 4.02. The molecule has 1 nitrogen and oxygen atoms in total. The van der Waals surface area contributed by atoms with Crippen LogP contribution in [-0.4, -0.2) is 7.05 Å². The van der Waals surface area contributed by atoms with Gasteiger partial charge in [0.25, 0.3) is 0 Å². The van der Waals surface area contributed by atoms with Crippen LogP contribution in [-0.2, 0) is 0 Å². The van der Waals surface area contributed by atoms with E-state index >= 15 is 0 Å². The minimum absolute atomic E-state index is 1.05. The molecule has 0 unspecified atom stereocenters. The highest BCUT2D eigenvalue weighted by Crippen LogP contribution is 2.07. The molecule has 1 N–H and O–H groups in total. The Bertz CT molecular complexity index is 209. The Kier molecular flexibility index (Phi) is 5.18. The Balaban J connectivity index is 4.47. The van der Waals surface area contributed by atoms with Crippen molar-refractivity contribution in [1.29, 1.82) is 0 Å². The van der Waals surface area contributed by atoms with Gasteiger partial charge in [0.05, 0.1) is 0 Å². The summed E-state index contributed by atoms with van der Waals surface area (Å²) in [6.45, 7) is 10.1. The maximum Gasteiger partial charge on any atom is 0.0299 e. The topological polar surface area (TPSA) is 12.0 Å². The number of hydrogen-bond donors (Lipinski definition) is 1. The second-order valence-electron chi connectivity index (χ2n) is 2.93. The summed E-state index contributed by atoms with van der Waals surface area (Å²) in [4.78, 5) is 0. The summed E-state index contributed by atoms with van der Waals surface area (Å²) < 4.78 is 0. The third-order valence-corrected chi connectivity index (χ3v) is 1.76. The van der Waals surface area contributed by atoms with Crippen molar-refractivity contribution in [1.82, 2.24) is 5.32 Å². The van der Waals surface area contributed by atoms with Crippen LogP contribution in [0.25, 0.3) is 0 Å². The highest BCUT2D eigenvalue weighted by Gasteiger charge is 1.91. The standard InChI is InChI=1S/C11H19N/c1-6-7-11(12-5)8-10(4)9(2)3/h7-8,12H,2,6H2,1,3-5H3/b10-8-,11-7+. The van der Waals surface area contributed by atoms with E-state index in [0.717, 1.165) is 17.7 Å². The second-order valence-corrected chi connectivity index (χ2v) is 2.93. The van der Waals surface area contributed by atoms with Crippen molar-refractivity contribution in [3.8, 4) is 0 Å². The summed E-state index contributed by atoms with van der Waals surface area (Å²) in [5.74, 6) is 0. The highest BCUT2D eigenvalue weighted by molar-refractivity contribution is 5.31. The molecule has 0 bridgehead atoms. The van der Waals surface area contributed by atoms with Crippen molar-refractivity contribution in [2.45, 2.75) is 27.2 Å². The lowest BCUT2D eigenvalue weighted by Crippen LogP contribution is -2.03. The van der Waals surface area contributed by atoms with E-state index in [9.17, 15) is 0 Å². The Hall–Kier alpha value is -0.980. The monoisotopic (exact) mass is 165 g/mol. The van der Waals surface area contributed by atoms with E-state index in [1.165, 1.54) is 5.57 Å². The number of likely N-dealkylation sites (N-methyl/N-ethyl adjacent to an activating group) is 1. The van der Waals surface area contributed by atoms with Crippen LogP contribution in [0.1, 0.15) is 27.2 Å². The zero-order valence-electron chi connectivity index (χ0n) is 8.57. The summed E-state index contributed by atoms with van der Waals surface area (Å²) >= 11 is 0. The van der Waals surface area contributed by atoms with Crippen molar-refractivity contribution in [3.63, 3.8) is 0 Å². The summed E-state index contributed by atoms with van der Waals surface area (Å²) in [5.41, 5.74) is 3.51. The summed E-state index contributed by atoms with van der Waals surface area (Å²) in [6.07, 6.45) is 5.33. The van der Waals surface area contributed by atoms with Crippen LogP contribution in [0.4, 0.5) is 0 Å². The fraction of sp³-hybridized carbons (Fsp3) is 0.455. The molecule has 0 rings (SSSR count). The van der Waals surface area contributed by atoms with Gasteiger partial charge in [0.1, 0.15) is 0 Å².